The Bertz CT molecular complexity index is 1030. The third kappa shape index (κ3) is 5.01. The van der Waals surface area contributed by atoms with Gasteiger partial charge < -0.3 is 15.3 Å². The predicted molar refractivity (Wildman–Crippen MR) is 126 cm³/mol. The van der Waals surface area contributed by atoms with Crippen molar-refractivity contribution in [1.82, 2.24) is 4.90 Å². The molecule has 0 saturated carbocycles. The molecule has 3 aromatic carbocycles. The summed E-state index contributed by atoms with van der Waals surface area (Å²) >= 11 is 6.24. The molecular formula is C25H26ClN3O2. The molecular weight excluding hydrogens is 410 g/mol. The minimum atomic E-state index is -0.386. The minimum Gasteiger partial charge on any atom is -0.508 e. The van der Waals surface area contributed by atoms with Crippen LogP contribution in [0.1, 0.15) is 17.2 Å². The van der Waals surface area contributed by atoms with Gasteiger partial charge in [0.05, 0.1) is 0 Å². The van der Waals surface area contributed by atoms with Gasteiger partial charge in [0.2, 0.25) is 5.91 Å². The van der Waals surface area contributed by atoms with Crippen molar-refractivity contribution in [2.75, 3.05) is 36.4 Å². The SMILES string of the molecule is Cc1ccc(NC(=O)[C@H](c2ccccc2)N2CCN(c3ccc(O)cc3)CC2)cc1Cl. The highest BCUT2D eigenvalue weighted by molar-refractivity contribution is 6.31. The lowest BCUT2D eigenvalue weighted by Gasteiger charge is -2.39. The Hall–Kier alpha value is -3.02. The number of phenols is 1. The van der Waals surface area contributed by atoms with Crippen LogP contribution in [0.2, 0.25) is 5.02 Å². The van der Waals surface area contributed by atoms with Crippen molar-refractivity contribution in [3.05, 3.63) is 88.9 Å². The van der Waals surface area contributed by atoms with Crippen molar-refractivity contribution in [3.8, 4) is 5.75 Å². The smallest absolute Gasteiger partial charge is 0.246 e. The lowest BCUT2D eigenvalue weighted by molar-refractivity contribution is -0.121. The van der Waals surface area contributed by atoms with Crippen LogP contribution in [0.25, 0.3) is 0 Å². The Morgan fingerprint density at radius 1 is 0.968 bits per heavy atom. The van der Waals surface area contributed by atoms with Crippen LogP contribution in [-0.4, -0.2) is 42.1 Å². The maximum Gasteiger partial charge on any atom is 0.246 e. The van der Waals surface area contributed by atoms with Gasteiger partial charge in [0.25, 0.3) is 0 Å². The molecule has 1 amide bonds. The summed E-state index contributed by atoms with van der Waals surface area (Å²) in [6.07, 6.45) is 0. The van der Waals surface area contributed by atoms with Crippen molar-refractivity contribution in [2.24, 2.45) is 0 Å². The number of phenolic OH excluding ortho intramolecular Hbond substituents is 1. The van der Waals surface area contributed by atoms with E-state index in [1.165, 1.54) is 0 Å². The quantitative estimate of drug-likeness (QED) is 0.601. The molecule has 0 spiro atoms. The summed E-state index contributed by atoms with van der Waals surface area (Å²) in [5.74, 6) is 0.198. The Balaban J connectivity index is 1.51. The number of halogens is 1. The van der Waals surface area contributed by atoms with Crippen LogP contribution < -0.4 is 10.2 Å². The third-order valence-corrected chi connectivity index (χ3v) is 6.10. The molecule has 2 N–H and O–H groups in total. The van der Waals surface area contributed by atoms with Crippen LogP contribution in [0.4, 0.5) is 11.4 Å². The Morgan fingerprint density at radius 3 is 2.29 bits per heavy atom. The van der Waals surface area contributed by atoms with Crippen LogP contribution in [0.15, 0.2) is 72.8 Å². The predicted octanol–water partition coefficient (Wildman–Crippen LogP) is 4.86. The molecule has 1 saturated heterocycles. The molecule has 0 bridgehead atoms. The topological polar surface area (TPSA) is 55.8 Å². The first-order valence-electron chi connectivity index (χ1n) is 10.4. The molecule has 31 heavy (non-hydrogen) atoms. The van der Waals surface area contributed by atoms with Gasteiger partial charge in [-0.2, -0.15) is 0 Å². The molecule has 6 heteroatoms. The van der Waals surface area contributed by atoms with Gasteiger partial charge in [-0.15, -0.1) is 0 Å². The van der Waals surface area contributed by atoms with E-state index in [0.29, 0.717) is 10.7 Å². The monoisotopic (exact) mass is 435 g/mol. The second-order valence-corrected chi connectivity index (χ2v) is 8.21. The molecule has 1 heterocycles. The van der Waals surface area contributed by atoms with E-state index in [9.17, 15) is 9.90 Å². The zero-order valence-corrected chi connectivity index (χ0v) is 18.2. The first kappa shape index (κ1) is 21.2. The fourth-order valence-corrected chi connectivity index (χ4v) is 4.13. The average Bonchev–Trinajstić information content (AvgIpc) is 2.78. The molecule has 1 aliphatic heterocycles. The van der Waals surface area contributed by atoms with Gasteiger partial charge in [-0.05, 0) is 54.4 Å². The van der Waals surface area contributed by atoms with Crippen molar-refractivity contribution in [3.63, 3.8) is 0 Å². The van der Waals surface area contributed by atoms with Crippen LogP contribution >= 0.6 is 11.6 Å². The van der Waals surface area contributed by atoms with E-state index in [-0.39, 0.29) is 17.7 Å². The van der Waals surface area contributed by atoms with E-state index in [2.05, 4.69) is 15.1 Å². The number of carbonyl (C=O) groups excluding carboxylic acids is 1. The van der Waals surface area contributed by atoms with Gasteiger partial charge >= 0.3 is 0 Å². The molecule has 5 nitrogen and oxygen atoms in total. The number of aryl methyl sites for hydroxylation is 1. The molecule has 0 radical (unpaired) electrons. The summed E-state index contributed by atoms with van der Waals surface area (Å²) in [7, 11) is 0. The van der Waals surface area contributed by atoms with Crippen LogP contribution in [0.3, 0.4) is 0 Å². The van der Waals surface area contributed by atoms with Crippen molar-refractivity contribution in [2.45, 2.75) is 13.0 Å². The first-order chi connectivity index (χ1) is 15.0. The highest BCUT2D eigenvalue weighted by atomic mass is 35.5. The number of benzene rings is 3. The number of hydrogen-bond acceptors (Lipinski definition) is 4. The third-order valence-electron chi connectivity index (χ3n) is 5.70. The van der Waals surface area contributed by atoms with E-state index in [1.54, 1.807) is 18.2 Å². The minimum absolute atomic E-state index is 0.0656. The van der Waals surface area contributed by atoms with E-state index in [0.717, 1.165) is 43.0 Å². The second-order valence-electron chi connectivity index (χ2n) is 7.81. The van der Waals surface area contributed by atoms with Gasteiger partial charge in [-0.1, -0.05) is 48.0 Å². The van der Waals surface area contributed by atoms with Crippen LogP contribution in [0, 0.1) is 6.92 Å². The molecule has 160 valence electrons. The van der Waals surface area contributed by atoms with Crippen molar-refractivity contribution >= 4 is 28.9 Å². The molecule has 3 aromatic rings. The summed E-state index contributed by atoms with van der Waals surface area (Å²) in [6, 6.07) is 22.3. The highest BCUT2D eigenvalue weighted by Gasteiger charge is 2.30. The van der Waals surface area contributed by atoms with E-state index in [4.69, 9.17) is 11.6 Å². The van der Waals surface area contributed by atoms with Gasteiger partial charge in [0.15, 0.2) is 0 Å². The Labute approximate surface area is 187 Å². The summed E-state index contributed by atoms with van der Waals surface area (Å²) in [4.78, 5) is 17.9. The summed E-state index contributed by atoms with van der Waals surface area (Å²) < 4.78 is 0. The lowest BCUT2D eigenvalue weighted by atomic mass is 10.0. The Morgan fingerprint density at radius 2 is 1.65 bits per heavy atom. The maximum absolute atomic E-state index is 13.4. The number of hydrogen-bond donors (Lipinski definition) is 2. The largest absolute Gasteiger partial charge is 0.508 e. The summed E-state index contributed by atoms with van der Waals surface area (Å²) in [6.45, 7) is 5.05. The Kier molecular flexibility index (Phi) is 6.44. The molecule has 0 aromatic heterocycles. The zero-order chi connectivity index (χ0) is 21.8. The fraction of sp³-hybridized carbons (Fsp3) is 0.240. The number of anilines is 2. The van der Waals surface area contributed by atoms with Gasteiger partial charge in [0.1, 0.15) is 11.8 Å². The average molecular weight is 436 g/mol. The van der Waals surface area contributed by atoms with Crippen molar-refractivity contribution in [1.29, 1.82) is 0 Å². The summed E-state index contributed by atoms with van der Waals surface area (Å²) in [5, 5.41) is 13.2. The maximum atomic E-state index is 13.4. The number of aromatic hydroxyl groups is 1. The number of rotatable bonds is 5. The number of nitrogens with zero attached hydrogens (tertiary/aromatic N) is 2. The van der Waals surface area contributed by atoms with E-state index in [1.807, 2.05) is 61.5 Å². The van der Waals surface area contributed by atoms with Gasteiger partial charge in [0, 0.05) is 42.6 Å². The van der Waals surface area contributed by atoms with Gasteiger partial charge in [-0.25, -0.2) is 0 Å². The zero-order valence-electron chi connectivity index (χ0n) is 17.5. The highest BCUT2D eigenvalue weighted by Crippen LogP contribution is 2.27. The number of amides is 1. The molecule has 0 unspecified atom stereocenters. The number of piperazine rings is 1. The van der Waals surface area contributed by atoms with Crippen LogP contribution in [0.5, 0.6) is 5.75 Å². The number of nitrogens with one attached hydrogen (secondary N) is 1. The van der Waals surface area contributed by atoms with E-state index < -0.39 is 0 Å². The van der Waals surface area contributed by atoms with Crippen molar-refractivity contribution < 1.29 is 9.90 Å². The normalized spacial score (nSPS) is 15.5. The molecule has 1 atom stereocenters. The first-order valence-corrected chi connectivity index (χ1v) is 10.8. The molecule has 0 aliphatic carbocycles. The van der Waals surface area contributed by atoms with Crippen LogP contribution in [-0.2, 0) is 4.79 Å². The molecule has 1 aliphatic rings. The molecule has 1 fully saturated rings. The lowest BCUT2D eigenvalue weighted by Crippen LogP contribution is -2.50. The number of carbonyl (C=O) groups is 1. The molecule has 4 rings (SSSR count). The fourth-order valence-electron chi connectivity index (χ4n) is 3.95. The second kappa shape index (κ2) is 9.41. The van der Waals surface area contributed by atoms with E-state index >= 15 is 0 Å². The van der Waals surface area contributed by atoms with Gasteiger partial charge in [-0.3, -0.25) is 9.69 Å². The standard InChI is InChI=1S/C25H26ClN3O2/c1-18-7-8-20(17-23(18)26)27-25(31)24(19-5-3-2-4-6-19)29-15-13-28(14-16-29)21-9-11-22(30)12-10-21/h2-12,17,24,30H,13-16H2,1H3,(H,27,31)/t24-/m0/s1. The summed E-state index contributed by atoms with van der Waals surface area (Å²) in [5.41, 5.74) is 3.72.